The second kappa shape index (κ2) is 8.31. The third-order valence-electron chi connectivity index (χ3n) is 5.34. The summed E-state index contributed by atoms with van der Waals surface area (Å²) in [6, 6.07) is 4.50. The number of rotatable bonds is 3. The fourth-order valence-corrected chi connectivity index (χ4v) is 4.96. The number of amides is 1. The fourth-order valence-electron chi connectivity index (χ4n) is 3.46. The molecule has 1 atom stereocenters. The Hall–Kier alpha value is -1.92. The number of halogens is 4. The van der Waals surface area contributed by atoms with Gasteiger partial charge in [-0.25, -0.2) is 17.6 Å². The minimum Gasteiger partial charge on any atom is -0.437 e. The molecule has 2 aliphatic rings. The van der Waals surface area contributed by atoms with Gasteiger partial charge >= 0.3 is 12.3 Å². The standard InChI is InChI=1S/C18H22F4N2O5S/c1-13(18(20,21)22)29-16(25)23-8-6-17(7-9-23)12-24(10-11-28-17)30(26,27)15-4-2-14(19)3-5-15/h2-5,13H,6-12H2,1H3. The number of morpholine rings is 1. The van der Waals surface area contributed by atoms with E-state index >= 15 is 0 Å². The number of hydrogen-bond donors (Lipinski definition) is 0. The predicted octanol–water partition coefficient (Wildman–Crippen LogP) is 2.77. The molecule has 0 bridgehead atoms. The summed E-state index contributed by atoms with van der Waals surface area (Å²) in [7, 11) is -3.86. The molecular formula is C18H22F4N2O5S. The molecule has 7 nitrogen and oxygen atoms in total. The van der Waals surface area contributed by atoms with Crippen LogP contribution in [0.15, 0.2) is 29.2 Å². The fraction of sp³-hybridized carbons (Fsp3) is 0.611. The van der Waals surface area contributed by atoms with Crippen molar-refractivity contribution in [2.45, 2.75) is 42.5 Å². The van der Waals surface area contributed by atoms with E-state index in [-0.39, 0.29) is 50.5 Å². The molecule has 1 aromatic carbocycles. The second-order valence-corrected chi connectivity index (χ2v) is 9.32. The van der Waals surface area contributed by atoms with Gasteiger partial charge in [-0.15, -0.1) is 0 Å². The Kier molecular flexibility index (Phi) is 6.30. The van der Waals surface area contributed by atoms with E-state index in [0.717, 1.165) is 24.0 Å². The van der Waals surface area contributed by atoms with Crippen LogP contribution in [0.1, 0.15) is 19.8 Å². The molecule has 12 heteroatoms. The average Bonchev–Trinajstić information content (AvgIpc) is 2.68. The predicted molar refractivity (Wildman–Crippen MR) is 96.6 cm³/mol. The number of nitrogens with zero attached hydrogens (tertiary/aromatic N) is 2. The van der Waals surface area contributed by atoms with Crippen molar-refractivity contribution >= 4 is 16.1 Å². The van der Waals surface area contributed by atoms with Crippen molar-refractivity contribution in [1.82, 2.24) is 9.21 Å². The van der Waals surface area contributed by atoms with Gasteiger partial charge in [0.05, 0.1) is 17.1 Å². The monoisotopic (exact) mass is 454 g/mol. The summed E-state index contributed by atoms with van der Waals surface area (Å²) in [4.78, 5) is 13.1. The van der Waals surface area contributed by atoms with Crippen LogP contribution in [-0.2, 0) is 19.5 Å². The van der Waals surface area contributed by atoms with E-state index in [9.17, 15) is 30.8 Å². The highest BCUT2D eigenvalue weighted by Crippen LogP contribution is 2.33. The summed E-state index contributed by atoms with van der Waals surface area (Å²) in [5, 5.41) is 0. The molecule has 2 saturated heterocycles. The van der Waals surface area contributed by atoms with Gasteiger partial charge in [0.25, 0.3) is 0 Å². The van der Waals surface area contributed by atoms with Crippen molar-refractivity contribution in [3.63, 3.8) is 0 Å². The maximum Gasteiger partial charge on any atom is 0.425 e. The van der Waals surface area contributed by atoms with Crippen molar-refractivity contribution < 1.29 is 40.2 Å². The van der Waals surface area contributed by atoms with Gasteiger partial charge in [0.2, 0.25) is 10.0 Å². The van der Waals surface area contributed by atoms with Crippen molar-refractivity contribution in [3.05, 3.63) is 30.1 Å². The molecule has 2 heterocycles. The van der Waals surface area contributed by atoms with Gasteiger partial charge in [0.1, 0.15) is 5.82 Å². The Morgan fingerprint density at radius 3 is 2.33 bits per heavy atom. The zero-order valence-electron chi connectivity index (χ0n) is 16.2. The van der Waals surface area contributed by atoms with Crippen LogP contribution in [0, 0.1) is 5.82 Å². The van der Waals surface area contributed by atoms with Crippen molar-refractivity contribution in [3.8, 4) is 0 Å². The topological polar surface area (TPSA) is 76.2 Å². The first-order valence-corrected chi connectivity index (χ1v) is 10.8. The molecule has 2 aliphatic heterocycles. The zero-order valence-corrected chi connectivity index (χ0v) is 17.0. The van der Waals surface area contributed by atoms with Crippen LogP contribution in [0.4, 0.5) is 22.4 Å². The van der Waals surface area contributed by atoms with Gasteiger partial charge in [-0.05, 0) is 44.0 Å². The zero-order chi connectivity index (χ0) is 22.2. The van der Waals surface area contributed by atoms with Crippen molar-refractivity contribution in [1.29, 1.82) is 0 Å². The Balaban J connectivity index is 1.63. The second-order valence-electron chi connectivity index (χ2n) is 7.38. The molecule has 1 aromatic rings. The number of hydrogen-bond acceptors (Lipinski definition) is 5. The first-order chi connectivity index (χ1) is 13.9. The SMILES string of the molecule is CC(OC(=O)N1CCC2(CC1)CN(S(=O)(=O)c1ccc(F)cc1)CCO2)C(F)(F)F. The molecule has 0 saturated carbocycles. The molecule has 2 fully saturated rings. The van der Waals surface area contributed by atoms with E-state index < -0.39 is 39.8 Å². The number of alkyl halides is 3. The molecule has 3 rings (SSSR count). The minimum absolute atomic E-state index is 0.0363. The number of carbonyl (C=O) groups is 1. The van der Waals surface area contributed by atoms with Crippen LogP contribution in [0.2, 0.25) is 0 Å². The van der Waals surface area contributed by atoms with Gasteiger partial charge < -0.3 is 14.4 Å². The van der Waals surface area contributed by atoms with E-state index in [2.05, 4.69) is 4.74 Å². The molecule has 1 amide bonds. The van der Waals surface area contributed by atoms with Gasteiger partial charge in [-0.2, -0.15) is 17.5 Å². The highest BCUT2D eigenvalue weighted by Gasteiger charge is 2.45. The Morgan fingerprint density at radius 2 is 1.77 bits per heavy atom. The molecule has 0 aliphatic carbocycles. The van der Waals surface area contributed by atoms with E-state index in [1.165, 1.54) is 16.4 Å². The lowest BCUT2D eigenvalue weighted by atomic mass is 9.90. The van der Waals surface area contributed by atoms with E-state index in [1.54, 1.807) is 0 Å². The quantitative estimate of drug-likeness (QED) is 0.657. The van der Waals surface area contributed by atoms with Gasteiger partial charge in [0.15, 0.2) is 6.10 Å². The molecule has 0 aromatic heterocycles. The Bertz CT molecular complexity index is 868. The number of ether oxygens (including phenoxy) is 2. The number of piperidine rings is 1. The van der Waals surface area contributed by atoms with Gasteiger partial charge in [0, 0.05) is 26.2 Å². The average molecular weight is 454 g/mol. The summed E-state index contributed by atoms with van der Waals surface area (Å²) in [6.45, 7) is 1.20. The molecule has 30 heavy (non-hydrogen) atoms. The Labute approximate surface area is 171 Å². The maximum atomic E-state index is 13.1. The van der Waals surface area contributed by atoms with E-state index in [0.29, 0.717) is 0 Å². The summed E-state index contributed by atoms with van der Waals surface area (Å²) in [5.41, 5.74) is -0.849. The highest BCUT2D eigenvalue weighted by molar-refractivity contribution is 7.89. The molecule has 1 unspecified atom stereocenters. The van der Waals surface area contributed by atoms with Crippen LogP contribution in [0.3, 0.4) is 0 Å². The number of likely N-dealkylation sites (tertiary alicyclic amines) is 1. The smallest absolute Gasteiger partial charge is 0.425 e. The number of benzene rings is 1. The van der Waals surface area contributed by atoms with Crippen molar-refractivity contribution in [2.75, 3.05) is 32.8 Å². The van der Waals surface area contributed by atoms with E-state index in [1.807, 2.05) is 0 Å². The van der Waals surface area contributed by atoms with Crippen LogP contribution in [0.25, 0.3) is 0 Å². The third-order valence-corrected chi connectivity index (χ3v) is 7.20. The third kappa shape index (κ3) is 4.86. The molecule has 0 radical (unpaired) electrons. The normalized spacial score (nSPS) is 21.4. The summed E-state index contributed by atoms with van der Waals surface area (Å²) < 4.78 is 88.1. The molecule has 168 valence electrons. The number of carbonyl (C=O) groups excluding carboxylic acids is 1. The largest absolute Gasteiger partial charge is 0.437 e. The van der Waals surface area contributed by atoms with Crippen LogP contribution >= 0.6 is 0 Å². The molecular weight excluding hydrogens is 432 g/mol. The first-order valence-electron chi connectivity index (χ1n) is 9.35. The van der Waals surface area contributed by atoms with E-state index in [4.69, 9.17) is 4.74 Å². The minimum atomic E-state index is -4.64. The Morgan fingerprint density at radius 1 is 1.17 bits per heavy atom. The summed E-state index contributed by atoms with van der Waals surface area (Å²) in [6.07, 6.45) is -7.44. The van der Waals surface area contributed by atoms with Crippen LogP contribution in [0.5, 0.6) is 0 Å². The van der Waals surface area contributed by atoms with Crippen molar-refractivity contribution in [2.24, 2.45) is 0 Å². The number of sulfonamides is 1. The first kappa shape index (κ1) is 22.8. The van der Waals surface area contributed by atoms with Crippen LogP contribution < -0.4 is 0 Å². The van der Waals surface area contributed by atoms with Crippen LogP contribution in [-0.4, -0.2) is 74.4 Å². The molecule has 1 spiro atoms. The van der Waals surface area contributed by atoms with Gasteiger partial charge in [-0.3, -0.25) is 0 Å². The maximum absolute atomic E-state index is 13.1. The van der Waals surface area contributed by atoms with Gasteiger partial charge in [-0.1, -0.05) is 0 Å². The summed E-state index contributed by atoms with van der Waals surface area (Å²) >= 11 is 0. The lowest BCUT2D eigenvalue weighted by Crippen LogP contribution is -2.58. The lowest BCUT2D eigenvalue weighted by molar-refractivity contribution is -0.200. The lowest BCUT2D eigenvalue weighted by Gasteiger charge is -2.46. The molecule has 0 N–H and O–H groups in total. The summed E-state index contributed by atoms with van der Waals surface area (Å²) in [5.74, 6) is -0.550. The highest BCUT2D eigenvalue weighted by atomic mass is 32.2.